The van der Waals surface area contributed by atoms with Crippen LogP contribution in [0.15, 0.2) is 67.8 Å². The first-order valence-corrected chi connectivity index (χ1v) is 7.65. The highest BCUT2D eigenvalue weighted by atomic mass is 16.5. The molecule has 2 aromatic carbocycles. The average molecular weight is 323 g/mol. The van der Waals surface area contributed by atoms with Crippen LogP contribution in [0, 0.1) is 0 Å². The third-order valence-electron chi connectivity index (χ3n) is 3.60. The molecule has 0 amide bonds. The molecule has 124 valence electrons. The first kappa shape index (κ1) is 17.5. The number of carbonyl (C=O) groups is 1. The summed E-state index contributed by atoms with van der Waals surface area (Å²) >= 11 is 0. The normalized spacial score (nSPS) is 11.5. The van der Waals surface area contributed by atoms with Crippen molar-refractivity contribution in [3.8, 4) is 11.5 Å². The molecule has 1 atom stereocenters. The van der Waals surface area contributed by atoms with Gasteiger partial charge in [-0.3, -0.25) is 0 Å². The number of ether oxygens (including phenoxy) is 1. The molecule has 0 fully saturated rings. The molecule has 0 aliphatic carbocycles. The Balaban J connectivity index is 2.10. The molecule has 0 aromatic heterocycles. The van der Waals surface area contributed by atoms with Crippen molar-refractivity contribution in [3.63, 3.8) is 0 Å². The maximum Gasteiger partial charge on any atom is 0.332 e. The lowest BCUT2D eigenvalue weighted by atomic mass is 10.0. The Morgan fingerprint density at radius 2 is 1.79 bits per heavy atom. The zero-order chi connectivity index (χ0) is 17.5. The van der Waals surface area contributed by atoms with Crippen LogP contribution in [0.3, 0.4) is 0 Å². The van der Waals surface area contributed by atoms with E-state index in [1.54, 1.807) is 30.3 Å². The second-order valence-corrected chi connectivity index (χ2v) is 5.42. The van der Waals surface area contributed by atoms with Crippen molar-refractivity contribution >= 4 is 5.97 Å². The summed E-state index contributed by atoms with van der Waals surface area (Å²) in [4.78, 5) is 12.2. The summed E-state index contributed by atoms with van der Waals surface area (Å²) in [6.07, 6.45) is 4.73. The van der Waals surface area contributed by atoms with Crippen molar-refractivity contribution in [2.75, 3.05) is 0 Å². The first-order chi connectivity index (χ1) is 11.5. The monoisotopic (exact) mass is 323 g/mol. The molecular weight excluding hydrogens is 302 g/mol. The lowest BCUT2D eigenvalue weighted by molar-refractivity contribution is -0.136. The molecule has 0 heterocycles. The first-order valence-electron chi connectivity index (χ1n) is 7.65. The van der Waals surface area contributed by atoms with E-state index in [2.05, 4.69) is 13.2 Å². The van der Waals surface area contributed by atoms with E-state index in [1.165, 1.54) is 6.07 Å². The van der Waals surface area contributed by atoms with E-state index in [1.807, 2.05) is 18.2 Å². The van der Waals surface area contributed by atoms with Crippen LogP contribution in [0.2, 0.25) is 0 Å². The van der Waals surface area contributed by atoms with E-state index in [4.69, 9.17) is 10.5 Å². The molecule has 0 spiro atoms. The number of carbonyl (C=O) groups excluding carboxylic acids is 1. The number of phenolic OH excluding ortho intramolecular Hbond substituents is 1. The fraction of sp³-hybridized carbons (Fsp3) is 0.150. The highest BCUT2D eigenvalue weighted by molar-refractivity contribution is 5.79. The van der Waals surface area contributed by atoms with Crippen molar-refractivity contribution in [2.24, 2.45) is 5.73 Å². The number of esters is 1. The summed E-state index contributed by atoms with van der Waals surface area (Å²) in [6.45, 7) is 7.33. The summed E-state index contributed by atoms with van der Waals surface area (Å²) in [6, 6.07) is 11.1. The van der Waals surface area contributed by atoms with E-state index >= 15 is 0 Å². The molecule has 0 bridgehead atoms. The van der Waals surface area contributed by atoms with Gasteiger partial charge >= 0.3 is 5.97 Å². The minimum atomic E-state index is -0.929. The second kappa shape index (κ2) is 8.13. The van der Waals surface area contributed by atoms with Crippen LogP contribution in [0.4, 0.5) is 0 Å². The van der Waals surface area contributed by atoms with Crippen LogP contribution < -0.4 is 10.5 Å². The van der Waals surface area contributed by atoms with E-state index in [-0.39, 0.29) is 5.75 Å². The summed E-state index contributed by atoms with van der Waals surface area (Å²) in [5.41, 5.74) is 8.32. The third-order valence-corrected chi connectivity index (χ3v) is 3.60. The van der Waals surface area contributed by atoms with Gasteiger partial charge in [-0.1, -0.05) is 30.4 Å². The van der Waals surface area contributed by atoms with Crippen LogP contribution in [0.1, 0.15) is 22.7 Å². The summed E-state index contributed by atoms with van der Waals surface area (Å²) in [5.74, 6) is 0.0343. The van der Waals surface area contributed by atoms with Gasteiger partial charge in [0.05, 0.1) is 0 Å². The van der Waals surface area contributed by atoms with Gasteiger partial charge in [0.25, 0.3) is 0 Å². The fourth-order valence-electron chi connectivity index (χ4n) is 2.29. The van der Waals surface area contributed by atoms with Gasteiger partial charge in [-0.25, -0.2) is 4.79 Å². The predicted octanol–water partition coefficient (Wildman–Crippen LogP) is 3.45. The van der Waals surface area contributed by atoms with Crippen LogP contribution >= 0.6 is 0 Å². The van der Waals surface area contributed by atoms with E-state index in [0.717, 1.165) is 12.0 Å². The molecule has 4 nitrogen and oxygen atoms in total. The molecule has 2 aromatic rings. The summed E-state index contributed by atoms with van der Waals surface area (Å²) in [7, 11) is 0. The lowest BCUT2D eigenvalue weighted by Crippen LogP contribution is -2.26. The van der Waals surface area contributed by atoms with Crippen molar-refractivity contribution in [2.45, 2.75) is 18.9 Å². The predicted molar refractivity (Wildman–Crippen MR) is 94.9 cm³/mol. The third kappa shape index (κ3) is 4.33. The minimum Gasteiger partial charge on any atom is -0.508 e. The molecule has 0 aliphatic heterocycles. The highest BCUT2D eigenvalue weighted by Gasteiger charge is 2.19. The number of phenols is 1. The molecule has 0 aliphatic rings. The molecular formula is C20H21NO3. The maximum absolute atomic E-state index is 12.2. The van der Waals surface area contributed by atoms with Gasteiger partial charge in [0.15, 0.2) is 0 Å². The van der Waals surface area contributed by atoms with Gasteiger partial charge in [0.1, 0.15) is 17.5 Å². The van der Waals surface area contributed by atoms with Crippen LogP contribution in [-0.4, -0.2) is 11.1 Å². The number of aromatic hydroxyl groups is 1. The Bertz CT molecular complexity index is 735. The van der Waals surface area contributed by atoms with E-state index in [0.29, 0.717) is 23.3 Å². The van der Waals surface area contributed by atoms with Gasteiger partial charge in [-0.05, 0) is 53.8 Å². The van der Waals surface area contributed by atoms with Crippen molar-refractivity contribution in [1.82, 2.24) is 0 Å². The topological polar surface area (TPSA) is 72.5 Å². The fourth-order valence-corrected chi connectivity index (χ4v) is 2.29. The highest BCUT2D eigenvalue weighted by Crippen LogP contribution is 2.23. The number of rotatable bonds is 7. The number of hydrogen-bond acceptors (Lipinski definition) is 4. The van der Waals surface area contributed by atoms with Gasteiger partial charge in [0, 0.05) is 0 Å². The summed E-state index contributed by atoms with van der Waals surface area (Å²) < 4.78 is 5.32. The maximum atomic E-state index is 12.2. The molecule has 0 radical (unpaired) electrons. The Kier molecular flexibility index (Phi) is 5.93. The van der Waals surface area contributed by atoms with E-state index < -0.39 is 12.0 Å². The average Bonchev–Trinajstić information content (AvgIpc) is 2.58. The van der Waals surface area contributed by atoms with Gasteiger partial charge < -0.3 is 15.6 Å². The summed E-state index contributed by atoms with van der Waals surface area (Å²) in [5, 5.41) is 9.78. The molecule has 0 saturated carbocycles. The number of allylic oxidation sites excluding steroid dienone is 2. The molecule has 4 heteroatoms. The lowest BCUT2D eigenvalue weighted by Gasteiger charge is -2.13. The molecule has 1 unspecified atom stereocenters. The Hall–Kier alpha value is -2.85. The number of hydrogen-bond donors (Lipinski definition) is 2. The second-order valence-electron chi connectivity index (χ2n) is 5.42. The smallest absolute Gasteiger partial charge is 0.332 e. The largest absolute Gasteiger partial charge is 0.508 e. The van der Waals surface area contributed by atoms with E-state index in [9.17, 15) is 9.90 Å². The minimum absolute atomic E-state index is 0.150. The van der Waals surface area contributed by atoms with Gasteiger partial charge in [-0.15, -0.1) is 13.2 Å². The Morgan fingerprint density at radius 3 is 2.42 bits per heavy atom. The SMILES string of the molecule is C=CCc1ccc(OC(=O)C(N)c2ccc(O)c(CC=C)c2)cc1. The zero-order valence-corrected chi connectivity index (χ0v) is 13.4. The molecule has 0 saturated heterocycles. The number of benzene rings is 2. The number of nitrogens with two attached hydrogens (primary N) is 1. The van der Waals surface area contributed by atoms with Gasteiger partial charge in [-0.2, -0.15) is 0 Å². The zero-order valence-electron chi connectivity index (χ0n) is 13.4. The van der Waals surface area contributed by atoms with Crippen molar-refractivity contribution in [3.05, 3.63) is 84.5 Å². The van der Waals surface area contributed by atoms with Crippen molar-refractivity contribution < 1.29 is 14.6 Å². The van der Waals surface area contributed by atoms with Gasteiger partial charge in [0.2, 0.25) is 0 Å². The standard InChI is InChI=1S/C20H21NO3/c1-3-5-14-7-10-17(11-8-14)24-20(23)19(21)16-9-12-18(22)15(13-16)6-4-2/h3-4,7-13,19,22H,1-2,5-6,21H2. The van der Waals surface area contributed by atoms with Crippen LogP contribution in [0.25, 0.3) is 0 Å². The Morgan fingerprint density at radius 1 is 1.12 bits per heavy atom. The molecule has 24 heavy (non-hydrogen) atoms. The van der Waals surface area contributed by atoms with Crippen LogP contribution in [0.5, 0.6) is 11.5 Å². The van der Waals surface area contributed by atoms with Crippen LogP contribution in [-0.2, 0) is 17.6 Å². The Labute approximate surface area is 141 Å². The molecule has 3 N–H and O–H groups in total. The quantitative estimate of drug-likeness (QED) is 0.465. The van der Waals surface area contributed by atoms with Crippen molar-refractivity contribution in [1.29, 1.82) is 0 Å². The molecule has 2 rings (SSSR count).